The molecule has 1 atom stereocenters. The SMILES string of the molecule is CN(CC(=O)O)C(c1ccccc1)c1ccccn1. The Kier molecular flexibility index (Phi) is 4.26. The van der Waals surface area contributed by atoms with E-state index in [2.05, 4.69) is 4.98 Å². The van der Waals surface area contributed by atoms with Gasteiger partial charge in [-0.25, -0.2) is 0 Å². The molecule has 1 unspecified atom stereocenters. The average molecular weight is 256 g/mol. The summed E-state index contributed by atoms with van der Waals surface area (Å²) in [4.78, 5) is 17.0. The Morgan fingerprint density at radius 3 is 2.47 bits per heavy atom. The van der Waals surface area contributed by atoms with Gasteiger partial charge in [0.05, 0.1) is 18.3 Å². The van der Waals surface area contributed by atoms with E-state index in [4.69, 9.17) is 5.11 Å². The molecule has 0 aliphatic carbocycles. The fraction of sp³-hybridized carbons (Fsp3) is 0.200. The molecule has 4 nitrogen and oxygen atoms in total. The van der Waals surface area contributed by atoms with E-state index in [-0.39, 0.29) is 12.6 Å². The summed E-state index contributed by atoms with van der Waals surface area (Å²) in [7, 11) is 1.79. The summed E-state index contributed by atoms with van der Waals surface area (Å²) in [6.45, 7) is -0.0316. The maximum Gasteiger partial charge on any atom is 0.317 e. The third kappa shape index (κ3) is 3.39. The fourth-order valence-corrected chi connectivity index (χ4v) is 2.13. The van der Waals surface area contributed by atoms with E-state index >= 15 is 0 Å². The molecule has 1 heterocycles. The Hall–Kier alpha value is -2.20. The summed E-state index contributed by atoms with van der Waals surface area (Å²) in [6.07, 6.45) is 1.72. The molecule has 4 heteroatoms. The number of benzene rings is 1. The predicted octanol–water partition coefficient (Wildman–Crippen LogP) is 2.19. The van der Waals surface area contributed by atoms with E-state index in [1.54, 1.807) is 18.1 Å². The zero-order valence-electron chi connectivity index (χ0n) is 10.7. The first-order valence-electron chi connectivity index (χ1n) is 6.06. The highest BCUT2D eigenvalue weighted by Crippen LogP contribution is 2.25. The molecule has 0 spiro atoms. The highest BCUT2D eigenvalue weighted by atomic mass is 16.4. The molecule has 0 aliphatic rings. The molecule has 2 aromatic rings. The van der Waals surface area contributed by atoms with Crippen molar-refractivity contribution in [2.45, 2.75) is 6.04 Å². The fourth-order valence-electron chi connectivity index (χ4n) is 2.13. The Morgan fingerprint density at radius 1 is 1.21 bits per heavy atom. The number of aliphatic carboxylic acids is 1. The molecular formula is C15H16N2O2. The first kappa shape index (κ1) is 13.2. The first-order chi connectivity index (χ1) is 9.18. The molecule has 98 valence electrons. The van der Waals surface area contributed by atoms with Crippen LogP contribution in [0.2, 0.25) is 0 Å². The van der Waals surface area contributed by atoms with Gasteiger partial charge in [-0.2, -0.15) is 0 Å². The van der Waals surface area contributed by atoms with E-state index in [1.807, 2.05) is 48.5 Å². The molecule has 2 rings (SSSR count). The Bertz CT molecular complexity index is 489. The van der Waals surface area contributed by atoms with Gasteiger partial charge in [-0.1, -0.05) is 36.4 Å². The van der Waals surface area contributed by atoms with Crippen LogP contribution in [0.15, 0.2) is 54.7 Å². The predicted molar refractivity (Wildman–Crippen MR) is 72.8 cm³/mol. The summed E-state index contributed by atoms with van der Waals surface area (Å²) in [6, 6.07) is 15.3. The second-order valence-corrected chi connectivity index (χ2v) is 4.38. The standard InChI is InChI=1S/C15H16N2O2/c1-17(11-14(18)19)15(12-7-3-2-4-8-12)13-9-5-6-10-16-13/h2-10,15H,11H2,1H3,(H,18,19). The lowest BCUT2D eigenvalue weighted by Gasteiger charge is -2.26. The van der Waals surface area contributed by atoms with Crippen LogP contribution in [0.3, 0.4) is 0 Å². The third-order valence-electron chi connectivity index (χ3n) is 2.91. The van der Waals surface area contributed by atoms with Crippen LogP contribution in [-0.2, 0) is 4.79 Å². The van der Waals surface area contributed by atoms with Crippen LogP contribution in [0.4, 0.5) is 0 Å². The topological polar surface area (TPSA) is 53.4 Å². The minimum Gasteiger partial charge on any atom is -0.480 e. The minimum atomic E-state index is -0.848. The highest BCUT2D eigenvalue weighted by molar-refractivity contribution is 5.69. The van der Waals surface area contributed by atoms with Crippen LogP contribution in [0.5, 0.6) is 0 Å². The zero-order chi connectivity index (χ0) is 13.7. The first-order valence-corrected chi connectivity index (χ1v) is 6.06. The second-order valence-electron chi connectivity index (χ2n) is 4.38. The number of carboxylic acids is 1. The Morgan fingerprint density at radius 2 is 1.89 bits per heavy atom. The zero-order valence-corrected chi connectivity index (χ0v) is 10.7. The summed E-state index contributed by atoms with van der Waals surface area (Å²) in [5.41, 5.74) is 1.88. The Balaban J connectivity index is 2.37. The van der Waals surface area contributed by atoms with Crippen LogP contribution in [0, 0.1) is 0 Å². The van der Waals surface area contributed by atoms with Gasteiger partial charge >= 0.3 is 5.97 Å². The van der Waals surface area contributed by atoms with Crippen molar-refractivity contribution in [2.24, 2.45) is 0 Å². The number of aromatic nitrogens is 1. The van der Waals surface area contributed by atoms with E-state index < -0.39 is 5.97 Å². The smallest absolute Gasteiger partial charge is 0.317 e. The monoisotopic (exact) mass is 256 g/mol. The maximum atomic E-state index is 10.9. The van der Waals surface area contributed by atoms with Crippen molar-refractivity contribution in [2.75, 3.05) is 13.6 Å². The number of likely N-dealkylation sites (N-methyl/N-ethyl adjacent to an activating group) is 1. The molecular weight excluding hydrogens is 240 g/mol. The van der Waals surface area contributed by atoms with Crippen LogP contribution < -0.4 is 0 Å². The normalized spacial score (nSPS) is 12.3. The molecule has 0 saturated heterocycles. The van der Waals surface area contributed by atoms with Gasteiger partial charge in [-0.15, -0.1) is 0 Å². The lowest BCUT2D eigenvalue weighted by Crippen LogP contribution is -2.31. The van der Waals surface area contributed by atoms with Crippen molar-refractivity contribution in [1.29, 1.82) is 0 Å². The maximum absolute atomic E-state index is 10.9. The van der Waals surface area contributed by atoms with Crippen molar-refractivity contribution in [3.8, 4) is 0 Å². The number of hydrogen-bond acceptors (Lipinski definition) is 3. The third-order valence-corrected chi connectivity index (χ3v) is 2.91. The minimum absolute atomic E-state index is 0.0316. The lowest BCUT2D eigenvalue weighted by molar-refractivity contribution is -0.138. The highest BCUT2D eigenvalue weighted by Gasteiger charge is 2.21. The van der Waals surface area contributed by atoms with E-state index in [0.717, 1.165) is 11.3 Å². The van der Waals surface area contributed by atoms with Crippen molar-refractivity contribution in [3.05, 3.63) is 66.0 Å². The largest absolute Gasteiger partial charge is 0.480 e. The van der Waals surface area contributed by atoms with Crippen molar-refractivity contribution < 1.29 is 9.90 Å². The van der Waals surface area contributed by atoms with Crippen LogP contribution >= 0.6 is 0 Å². The van der Waals surface area contributed by atoms with E-state index in [9.17, 15) is 4.79 Å². The summed E-state index contributed by atoms with van der Waals surface area (Å²) >= 11 is 0. The molecule has 0 aliphatic heterocycles. The summed E-state index contributed by atoms with van der Waals surface area (Å²) < 4.78 is 0. The van der Waals surface area contributed by atoms with E-state index in [0.29, 0.717) is 0 Å². The van der Waals surface area contributed by atoms with Gasteiger partial charge in [0.15, 0.2) is 0 Å². The molecule has 1 aromatic heterocycles. The number of carbonyl (C=O) groups is 1. The molecule has 0 radical (unpaired) electrons. The number of pyridine rings is 1. The molecule has 1 aromatic carbocycles. The molecule has 0 amide bonds. The van der Waals surface area contributed by atoms with Gasteiger partial charge in [0, 0.05) is 6.20 Å². The number of carboxylic acid groups (broad SMARTS) is 1. The molecule has 0 fully saturated rings. The van der Waals surface area contributed by atoms with Crippen LogP contribution in [0.1, 0.15) is 17.3 Å². The molecule has 19 heavy (non-hydrogen) atoms. The quantitative estimate of drug-likeness (QED) is 0.891. The average Bonchev–Trinajstić information content (AvgIpc) is 2.40. The van der Waals surface area contributed by atoms with E-state index in [1.165, 1.54) is 0 Å². The lowest BCUT2D eigenvalue weighted by atomic mass is 10.0. The number of rotatable bonds is 5. The molecule has 1 N–H and O–H groups in total. The van der Waals surface area contributed by atoms with Gasteiger partial charge in [-0.3, -0.25) is 14.7 Å². The van der Waals surface area contributed by atoms with Gasteiger partial charge in [-0.05, 0) is 24.7 Å². The van der Waals surface area contributed by atoms with Crippen LogP contribution in [0.25, 0.3) is 0 Å². The van der Waals surface area contributed by atoms with Gasteiger partial charge < -0.3 is 5.11 Å². The summed E-state index contributed by atoms with van der Waals surface area (Å²) in [5, 5.41) is 8.96. The van der Waals surface area contributed by atoms with Crippen molar-refractivity contribution in [1.82, 2.24) is 9.88 Å². The Labute approximate surface area is 112 Å². The van der Waals surface area contributed by atoms with Gasteiger partial charge in [0.2, 0.25) is 0 Å². The van der Waals surface area contributed by atoms with Crippen molar-refractivity contribution >= 4 is 5.97 Å². The molecule has 0 saturated carbocycles. The van der Waals surface area contributed by atoms with Gasteiger partial charge in [0.25, 0.3) is 0 Å². The molecule has 0 bridgehead atoms. The summed E-state index contributed by atoms with van der Waals surface area (Å²) in [5.74, 6) is -0.848. The van der Waals surface area contributed by atoms with Crippen molar-refractivity contribution in [3.63, 3.8) is 0 Å². The van der Waals surface area contributed by atoms with Crippen LogP contribution in [-0.4, -0.2) is 34.6 Å². The number of nitrogens with zero attached hydrogens (tertiary/aromatic N) is 2. The number of hydrogen-bond donors (Lipinski definition) is 1. The van der Waals surface area contributed by atoms with Gasteiger partial charge in [0.1, 0.15) is 0 Å². The second kappa shape index (κ2) is 6.11.